The molecule has 214 valence electrons. The Morgan fingerprint density at radius 1 is 0.850 bits per heavy atom. The number of nitrogens with zero attached hydrogens (tertiary/aromatic N) is 2. The SMILES string of the molecule is Cc1ccccc1N(CCCC(=O)N(Cc1ccccc1)[C@H](Cc1ccccc1)C(=O)NCC(C)C)S(C)(=O)=O. The summed E-state index contributed by atoms with van der Waals surface area (Å²) in [6.45, 7) is 6.88. The average molecular weight is 564 g/mol. The Morgan fingerprint density at radius 3 is 2.00 bits per heavy atom. The van der Waals surface area contributed by atoms with Gasteiger partial charge < -0.3 is 10.2 Å². The van der Waals surface area contributed by atoms with Gasteiger partial charge in [-0.3, -0.25) is 13.9 Å². The van der Waals surface area contributed by atoms with Crippen LogP contribution in [0.25, 0.3) is 0 Å². The number of para-hydroxylation sites is 1. The van der Waals surface area contributed by atoms with Gasteiger partial charge in [0.1, 0.15) is 6.04 Å². The number of rotatable bonds is 14. The molecule has 3 aromatic rings. The van der Waals surface area contributed by atoms with Crippen LogP contribution in [0, 0.1) is 12.8 Å². The highest BCUT2D eigenvalue weighted by Gasteiger charge is 2.30. The predicted octanol–water partition coefficient (Wildman–Crippen LogP) is 4.95. The van der Waals surface area contributed by atoms with E-state index in [1.54, 1.807) is 17.0 Å². The number of hydrogen-bond donors (Lipinski definition) is 1. The summed E-state index contributed by atoms with van der Waals surface area (Å²) >= 11 is 0. The third-order valence-corrected chi connectivity index (χ3v) is 7.87. The van der Waals surface area contributed by atoms with Gasteiger partial charge in [0.25, 0.3) is 0 Å². The van der Waals surface area contributed by atoms with E-state index in [-0.39, 0.29) is 37.2 Å². The van der Waals surface area contributed by atoms with Crippen LogP contribution in [-0.2, 0) is 32.6 Å². The zero-order valence-corrected chi connectivity index (χ0v) is 24.7. The molecule has 1 atom stereocenters. The molecule has 0 fully saturated rings. The van der Waals surface area contributed by atoms with Crippen LogP contribution in [0.4, 0.5) is 5.69 Å². The van der Waals surface area contributed by atoms with Crippen molar-refractivity contribution in [2.45, 2.75) is 52.6 Å². The quantitative estimate of drug-likeness (QED) is 0.301. The van der Waals surface area contributed by atoms with E-state index in [1.807, 2.05) is 93.6 Å². The Hall–Kier alpha value is -3.65. The molecule has 8 heteroatoms. The Balaban J connectivity index is 1.86. The topological polar surface area (TPSA) is 86.8 Å². The number of aryl methyl sites for hydroxylation is 1. The molecule has 1 N–H and O–H groups in total. The van der Waals surface area contributed by atoms with Gasteiger partial charge in [-0.2, -0.15) is 0 Å². The van der Waals surface area contributed by atoms with Crippen molar-refractivity contribution in [3.8, 4) is 0 Å². The molecule has 0 spiro atoms. The highest BCUT2D eigenvalue weighted by molar-refractivity contribution is 7.92. The smallest absolute Gasteiger partial charge is 0.243 e. The molecule has 3 aromatic carbocycles. The van der Waals surface area contributed by atoms with E-state index in [0.29, 0.717) is 25.1 Å². The number of carbonyl (C=O) groups excluding carboxylic acids is 2. The largest absolute Gasteiger partial charge is 0.354 e. The average Bonchev–Trinajstić information content (AvgIpc) is 2.92. The molecule has 0 aromatic heterocycles. The van der Waals surface area contributed by atoms with Crippen LogP contribution in [0.15, 0.2) is 84.9 Å². The fraction of sp³-hybridized carbons (Fsp3) is 0.375. The maximum Gasteiger partial charge on any atom is 0.243 e. The van der Waals surface area contributed by atoms with Crippen LogP contribution < -0.4 is 9.62 Å². The molecule has 7 nitrogen and oxygen atoms in total. The van der Waals surface area contributed by atoms with Gasteiger partial charge in [-0.15, -0.1) is 0 Å². The normalized spacial score (nSPS) is 12.1. The molecule has 0 saturated carbocycles. The first-order valence-corrected chi connectivity index (χ1v) is 15.6. The molecule has 3 rings (SSSR count). The van der Waals surface area contributed by atoms with E-state index in [4.69, 9.17) is 0 Å². The number of anilines is 1. The fourth-order valence-corrected chi connectivity index (χ4v) is 5.61. The molecule has 0 aliphatic rings. The molecule has 0 bridgehead atoms. The Morgan fingerprint density at radius 2 is 1.43 bits per heavy atom. The first-order valence-electron chi connectivity index (χ1n) is 13.7. The molecule has 2 amide bonds. The lowest BCUT2D eigenvalue weighted by molar-refractivity contribution is -0.141. The van der Waals surface area contributed by atoms with Crippen LogP contribution in [0.3, 0.4) is 0 Å². The second kappa shape index (κ2) is 14.7. The van der Waals surface area contributed by atoms with E-state index >= 15 is 0 Å². The van der Waals surface area contributed by atoms with Gasteiger partial charge in [-0.1, -0.05) is 92.7 Å². The van der Waals surface area contributed by atoms with Crippen LogP contribution in [-0.4, -0.2) is 50.5 Å². The Labute approximate surface area is 239 Å². The minimum Gasteiger partial charge on any atom is -0.354 e. The second-order valence-electron chi connectivity index (χ2n) is 10.6. The summed E-state index contributed by atoms with van der Waals surface area (Å²) < 4.78 is 26.6. The van der Waals surface area contributed by atoms with Gasteiger partial charge >= 0.3 is 0 Å². The van der Waals surface area contributed by atoms with Crippen molar-refractivity contribution in [1.82, 2.24) is 10.2 Å². The maximum atomic E-state index is 13.8. The molecule has 0 saturated heterocycles. The molecular formula is C32H41N3O4S. The second-order valence-corrected chi connectivity index (χ2v) is 12.5. The minimum atomic E-state index is -3.55. The van der Waals surface area contributed by atoms with Crippen molar-refractivity contribution in [3.05, 3.63) is 102 Å². The summed E-state index contributed by atoms with van der Waals surface area (Å²) in [7, 11) is -3.55. The molecule has 40 heavy (non-hydrogen) atoms. The first kappa shape index (κ1) is 30.9. The van der Waals surface area contributed by atoms with Gasteiger partial charge in [0.2, 0.25) is 21.8 Å². The van der Waals surface area contributed by atoms with E-state index in [1.165, 1.54) is 10.6 Å². The predicted molar refractivity (Wildman–Crippen MR) is 161 cm³/mol. The zero-order chi connectivity index (χ0) is 29.1. The maximum absolute atomic E-state index is 13.8. The lowest BCUT2D eigenvalue weighted by Gasteiger charge is -2.32. The van der Waals surface area contributed by atoms with Crippen LogP contribution in [0.1, 0.15) is 43.4 Å². The summed E-state index contributed by atoms with van der Waals surface area (Å²) in [5, 5.41) is 3.03. The van der Waals surface area contributed by atoms with E-state index < -0.39 is 16.1 Å². The third-order valence-electron chi connectivity index (χ3n) is 6.69. The number of carbonyl (C=O) groups is 2. The van der Waals surface area contributed by atoms with Crippen molar-refractivity contribution in [3.63, 3.8) is 0 Å². The van der Waals surface area contributed by atoms with Gasteiger partial charge in [0.05, 0.1) is 11.9 Å². The summed E-state index contributed by atoms with van der Waals surface area (Å²) in [5.74, 6) is -0.120. The molecule has 0 aliphatic carbocycles. The molecule has 0 unspecified atom stereocenters. The summed E-state index contributed by atoms with van der Waals surface area (Å²) in [6, 6.07) is 25.9. The van der Waals surface area contributed by atoms with Gasteiger partial charge in [0, 0.05) is 32.5 Å². The van der Waals surface area contributed by atoms with Crippen LogP contribution in [0.5, 0.6) is 0 Å². The zero-order valence-electron chi connectivity index (χ0n) is 23.9. The van der Waals surface area contributed by atoms with Crippen LogP contribution >= 0.6 is 0 Å². The molecule has 0 heterocycles. The van der Waals surface area contributed by atoms with E-state index in [9.17, 15) is 18.0 Å². The molecule has 0 radical (unpaired) electrons. The van der Waals surface area contributed by atoms with E-state index in [0.717, 1.165) is 16.7 Å². The molecule has 0 aliphatic heterocycles. The van der Waals surface area contributed by atoms with Crippen LogP contribution in [0.2, 0.25) is 0 Å². The van der Waals surface area contributed by atoms with Crippen molar-refractivity contribution < 1.29 is 18.0 Å². The number of sulfonamides is 1. The third kappa shape index (κ3) is 9.23. The van der Waals surface area contributed by atoms with Crippen molar-refractivity contribution in [2.75, 3.05) is 23.7 Å². The number of hydrogen-bond acceptors (Lipinski definition) is 4. The fourth-order valence-electron chi connectivity index (χ4n) is 4.58. The highest BCUT2D eigenvalue weighted by Crippen LogP contribution is 2.23. The summed E-state index contributed by atoms with van der Waals surface area (Å²) in [5.41, 5.74) is 3.33. The summed E-state index contributed by atoms with van der Waals surface area (Å²) in [6.07, 6.45) is 1.98. The number of benzene rings is 3. The first-order chi connectivity index (χ1) is 19.1. The number of nitrogens with one attached hydrogen (secondary N) is 1. The lowest BCUT2D eigenvalue weighted by atomic mass is 10.0. The van der Waals surface area contributed by atoms with Crippen molar-refractivity contribution in [2.24, 2.45) is 5.92 Å². The Bertz CT molecular complexity index is 1340. The van der Waals surface area contributed by atoms with Crippen molar-refractivity contribution >= 4 is 27.5 Å². The standard InChI is InChI=1S/C32H41N3O4S/c1-25(2)23-33-32(37)30(22-27-15-7-5-8-16-27)34(24-28-17-9-6-10-18-28)31(36)20-13-21-35(40(4,38)39)29-19-12-11-14-26(29)3/h5-12,14-19,25,30H,13,20-24H2,1-4H3,(H,33,37)/t30-/m1/s1. The van der Waals surface area contributed by atoms with Gasteiger partial charge in [-0.05, 0) is 42.0 Å². The molecular weight excluding hydrogens is 522 g/mol. The number of amides is 2. The minimum absolute atomic E-state index is 0.105. The lowest BCUT2D eigenvalue weighted by Crippen LogP contribution is -2.51. The monoisotopic (exact) mass is 563 g/mol. The van der Waals surface area contributed by atoms with Gasteiger partial charge in [-0.25, -0.2) is 8.42 Å². The summed E-state index contributed by atoms with van der Waals surface area (Å²) in [4.78, 5) is 29.0. The van der Waals surface area contributed by atoms with Crippen molar-refractivity contribution in [1.29, 1.82) is 0 Å². The van der Waals surface area contributed by atoms with E-state index in [2.05, 4.69) is 5.32 Å². The van der Waals surface area contributed by atoms with Gasteiger partial charge in [0.15, 0.2) is 0 Å². The Kier molecular flexibility index (Phi) is 11.3. The highest BCUT2D eigenvalue weighted by atomic mass is 32.2.